The van der Waals surface area contributed by atoms with Crippen LogP contribution < -0.4 is 4.74 Å². The summed E-state index contributed by atoms with van der Waals surface area (Å²) in [6.07, 6.45) is 11.1. The molecule has 1 saturated carbocycles. The number of unbranched alkanes of at least 4 members (excludes halogenated alkanes) is 3. The summed E-state index contributed by atoms with van der Waals surface area (Å²) in [7, 11) is 0. The van der Waals surface area contributed by atoms with Crippen LogP contribution in [0.1, 0.15) is 97.1 Å². The molecule has 164 valence electrons. The molecule has 1 fully saturated rings. The Morgan fingerprint density at radius 3 is 2.14 bits per heavy atom. The topological polar surface area (TPSA) is 9.23 Å². The monoisotopic (exact) mass is 506 g/mol. The van der Waals surface area contributed by atoms with Crippen LogP contribution in [0.25, 0.3) is 0 Å². The van der Waals surface area contributed by atoms with E-state index in [4.69, 9.17) is 4.74 Å². The van der Waals surface area contributed by atoms with Crippen molar-refractivity contribution in [3.05, 3.63) is 29.3 Å². The van der Waals surface area contributed by atoms with Gasteiger partial charge in [0.05, 0.1) is 0 Å². The van der Waals surface area contributed by atoms with Crippen molar-refractivity contribution in [2.24, 2.45) is 5.92 Å². The van der Waals surface area contributed by atoms with E-state index in [9.17, 15) is 0 Å². The van der Waals surface area contributed by atoms with E-state index in [1.54, 1.807) is 13.3 Å². The second-order valence-corrected chi connectivity index (χ2v) is 24.6. The Labute approximate surface area is 185 Å². The fourth-order valence-electron chi connectivity index (χ4n) is 6.69. The molecule has 1 nitrogen and oxygen atoms in total. The van der Waals surface area contributed by atoms with Crippen LogP contribution in [0.4, 0.5) is 0 Å². The summed E-state index contributed by atoms with van der Waals surface area (Å²) in [6.45, 7) is 14.5. The number of aryl methyl sites for hydroxylation is 1. The van der Waals surface area contributed by atoms with E-state index in [1.165, 1.54) is 72.7 Å². The summed E-state index contributed by atoms with van der Waals surface area (Å²) >= 11 is -2.32. The zero-order valence-electron chi connectivity index (χ0n) is 20.2. The summed E-state index contributed by atoms with van der Waals surface area (Å²) in [5.41, 5.74) is 3.17. The Morgan fingerprint density at radius 1 is 1.00 bits per heavy atom. The van der Waals surface area contributed by atoms with Crippen molar-refractivity contribution < 1.29 is 4.74 Å². The minimum atomic E-state index is -2.32. The average molecular weight is 505 g/mol. The number of hydrogen-bond acceptors (Lipinski definition) is 1. The van der Waals surface area contributed by atoms with Crippen LogP contribution >= 0.6 is 0 Å². The predicted molar refractivity (Wildman–Crippen MR) is 130 cm³/mol. The molecule has 0 radical (unpaired) electrons. The van der Waals surface area contributed by atoms with Crippen molar-refractivity contribution in [2.45, 2.75) is 122 Å². The van der Waals surface area contributed by atoms with E-state index in [1.807, 2.05) is 0 Å². The first-order valence-electron chi connectivity index (χ1n) is 12.7. The Morgan fingerprint density at radius 2 is 1.59 bits per heavy atom. The maximum atomic E-state index is 7.16. The van der Waals surface area contributed by atoms with E-state index in [0.717, 1.165) is 0 Å². The first kappa shape index (κ1) is 23.5. The van der Waals surface area contributed by atoms with E-state index >= 15 is 0 Å². The van der Waals surface area contributed by atoms with Gasteiger partial charge >= 0.3 is 186 Å². The van der Waals surface area contributed by atoms with Crippen LogP contribution in [0.15, 0.2) is 18.2 Å². The summed E-state index contributed by atoms with van der Waals surface area (Å²) in [5, 5.41) is 0. The van der Waals surface area contributed by atoms with Crippen LogP contribution in [0.2, 0.25) is 17.7 Å². The Hall–Kier alpha value is -0.181. The molecule has 1 aromatic carbocycles. The summed E-state index contributed by atoms with van der Waals surface area (Å²) in [6, 6.07) is 7.05. The summed E-state index contributed by atoms with van der Waals surface area (Å²) in [4.78, 5) is 0. The molecule has 0 saturated heterocycles. The Bertz CT molecular complexity index is 661. The van der Waals surface area contributed by atoms with Crippen LogP contribution in [0.5, 0.6) is 5.75 Å². The molecule has 0 unspecified atom stereocenters. The number of fused-ring (bicyclic) bond motifs is 3. The van der Waals surface area contributed by atoms with Gasteiger partial charge in [-0.3, -0.25) is 0 Å². The van der Waals surface area contributed by atoms with Crippen molar-refractivity contribution >= 4 is 18.4 Å². The van der Waals surface area contributed by atoms with Gasteiger partial charge in [-0.15, -0.1) is 0 Å². The molecule has 1 aliphatic heterocycles. The molecule has 2 heteroatoms. The van der Waals surface area contributed by atoms with E-state index in [2.05, 4.69) is 59.7 Å². The molecule has 0 aromatic heterocycles. The molecule has 1 heterocycles. The number of ether oxygens (including phenoxy) is 1. The third kappa shape index (κ3) is 4.28. The molecule has 3 atom stereocenters. The van der Waals surface area contributed by atoms with Gasteiger partial charge in [-0.05, 0) is 0 Å². The quantitative estimate of drug-likeness (QED) is 0.274. The van der Waals surface area contributed by atoms with Crippen molar-refractivity contribution in [1.82, 2.24) is 0 Å². The maximum absolute atomic E-state index is 7.16. The van der Waals surface area contributed by atoms with Gasteiger partial charge in [-0.2, -0.15) is 0 Å². The van der Waals surface area contributed by atoms with Gasteiger partial charge in [-0.1, -0.05) is 0 Å². The van der Waals surface area contributed by atoms with Gasteiger partial charge in [0.2, 0.25) is 0 Å². The van der Waals surface area contributed by atoms with Gasteiger partial charge < -0.3 is 0 Å². The molecule has 1 aliphatic carbocycles. The van der Waals surface area contributed by atoms with Crippen LogP contribution in [-0.2, 0) is 5.41 Å². The molecular weight excluding hydrogens is 459 g/mol. The summed E-state index contributed by atoms with van der Waals surface area (Å²) < 4.78 is 13.4. The number of benzene rings is 1. The van der Waals surface area contributed by atoms with Crippen LogP contribution in [-0.4, -0.2) is 24.0 Å². The number of rotatable bonds is 11. The Kier molecular flexibility index (Phi) is 7.72. The average Bonchev–Trinajstić information content (AvgIpc) is 3.08. The third-order valence-corrected chi connectivity index (χ3v) is 24.4. The van der Waals surface area contributed by atoms with E-state index in [0.29, 0.717) is 5.92 Å². The zero-order chi connectivity index (χ0) is 21.1. The second kappa shape index (κ2) is 9.53. The first-order chi connectivity index (χ1) is 13.9. The molecule has 1 aromatic rings. The first-order valence-corrected chi connectivity index (χ1v) is 20.7. The molecule has 0 N–H and O–H groups in total. The molecule has 2 aliphatic rings. The van der Waals surface area contributed by atoms with Crippen LogP contribution in [0.3, 0.4) is 0 Å². The van der Waals surface area contributed by atoms with Crippen molar-refractivity contribution in [1.29, 1.82) is 0 Å². The van der Waals surface area contributed by atoms with Gasteiger partial charge in [0.25, 0.3) is 0 Å². The minimum absolute atomic E-state index is 0.0778. The molecule has 0 amide bonds. The van der Waals surface area contributed by atoms with E-state index in [-0.39, 0.29) is 11.0 Å². The van der Waals surface area contributed by atoms with Crippen LogP contribution in [0, 0.1) is 12.8 Å². The molecule has 29 heavy (non-hydrogen) atoms. The zero-order valence-corrected chi connectivity index (χ0v) is 23.1. The van der Waals surface area contributed by atoms with Gasteiger partial charge in [-0.25, -0.2) is 0 Å². The fourth-order valence-corrected chi connectivity index (χ4v) is 25.3. The third-order valence-electron chi connectivity index (χ3n) is 8.65. The number of hydrogen-bond donors (Lipinski definition) is 0. The predicted octanol–water partition coefficient (Wildman–Crippen LogP) is 8.66. The normalized spacial score (nSPS) is 28.3. The van der Waals surface area contributed by atoms with Gasteiger partial charge in [0, 0.05) is 0 Å². The van der Waals surface area contributed by atoms with Gasteiger partial charge in [0.15, 0.2) is 0 Å². The van der Waals surface area contributed by atoms with Crippen molar-refractivity contribution in [3.63, 3.8) is 0 Å². The summed E-state index contributed by atoms with van der Waals surface area (Å²) in [5.74, 6) is 1.90. The molecule has 0 spiro atoms. The SMILES string of the molecule is CCC[CH2][Sn]([CH2]CCC)([CH2]CCC)[CH2][C@@]12Oc3cc(C)ccc3[C@]1(C)CC[C@@H]2C. The Balaban J connectivity index is 2.01. The van der Waals surface area contributed by atoms with E-state index < -0.39 is 18.4 Å². The second-order valence-electron chi connectivity index (χ2n) is 10.8. The molecular formula is C27H46OSn. The standard InChI is InChI=1S/C15H19O.3C4H9.Sn/c1-10-5-6-12-13(9-10)16-15(4)11(2)7-8-14(12,15)3;3*1-3-4-2;/h5-6,9,11H,4,7-8H2,1-3H3;3*1,3-4H2,2H3;/t11-,14-,15-;;;;/m0..../s1. The fraction of sp³-hybridized carbons (Fsp3) is 0.778. The van der Waals surface area contributed by atoms with Gasteiger partial charge in [0.1, 0.15) is 0 Å². The van der Waals surface area contributed by atoms with Crippen molar-refractivity contribution in [3.8, 4) is 5.75 Å². The molecule has 0 bridgehead atoms. The van der Waals surface area contributed by atoms with Crippen molar-refractivity contribution in [2.75, 3.05) is 0 Å². The molecule has 3 rings (SSSR count).